The Labute approximate surface area is 111 Å². The highest BCUT2D eigenvalue weighted by atomic mass is 32.1. The van der Waals surface area contributed by atoms with Crippen LogP contribution in [0.5, 0.6) is 0 Å². The van der Waals surface area contributed by atoms with Crippen LogP contribution in [-0.2, 0) is 6.54 Å². The van der Waals surface area contributed by atoms with Crippen molar-refractivity contribution in [3.63, 3.8) is 0 Å². The maximum atomic E-state index is 4.41. The lowest BCUT2D eigenvalue weighted by atomic mass is 10.1. The minimum Gasteiger partial charge on any atom is -0.304 e. The third-order valence-corrected chi connectivity index (χ3v) is 3.33. The highest BCUT2D eigenvalue weighted by molar-refractivity contribution is 7.07. The molecule has 0 aromatic carbocycles. The van der Waals surface area contributed by atoms with Crippen LogP contribution < -0.4 is 5.32 Å². The molecule has 0 radical (unpaired) electrons. The zero-order valence-corrected chi connectivity index (χ0v) is 11.7. The average Bonchev–Trinajstić information content (AvgIpc) is 3.02. The van der Waals surface area contributed by atoms with Crippen LogP contribution in [0.1, 0.15) is 44.1 Å². The van der Waals surface area contributed by atoms with E-state index in [1.54, 1.807) is 11.3 Å². The van der Waals surface area contributed by atoms with E-state index < -0.39 is 0 Å². The van der Waals surface area contributed by atoms with Gasteiger partial charge in [-0.25, -0.2) is 9.67 Å². The van der Waals surface area contributed by atoms with Gasteiger partial charge in [-0.2, -0.15) is 0 Å². The lowest BCUT2D eigenvalue weighted by molar-refractivity contribution is 0.500. The molecule has 2 rings (SSSR count). The second-order valence-electron chi connectivity index (χ2n) is 4.18. The first-order valence-electron chi connectivity index (χ1n) is 6.36. The average molecular weight is 265 g/mol. The van der Waals surface area contributed by atoms with Gasteiger partial charge in [-0.15, -0.1) is 16.4 Å². The Bertz CT molecular complexity index is 451. The fraction of sp³-hybridized carbons (Fsp3) is 0.583. The maximum absolute atomic E-state index is 4.41. The van der Waals surface area contributed by atoms with Crippen molar-refractivity contribution in [3.8, 4) is 0 Å². The van der Waals surface area contributed by atoms with E-state index in [1.165, 1.54) is 0 Å². The summed E-state index contributed by atoms with van der Waals surface area (Å²) in [6, 6.07) is 0.0951. The van der Waals surface area contributed by atoms with Gasteiger partial charge in [0.15, 0.2) is 0 Å². The summed E-state index contributed by atoms with van der Waals surface area (Å²) >= 11 is 1.62. The number of nitrogens with one attached hydrogen (secondary N) is 1. The van der Waals surface area contributed by atoms with Crippen molar-refractivity contribution >= 4 is 11.3 Å². The summed E-state index contributed by atoms with van der Waals surface area (Å²) in [7, 11) is 0. The molecule has 2 heterocycles. The van der Waals surface area contributed by atoms with E-state index in [-0.39, 0.29) is 6.04 Å². The molecule has 0 fully saturated rings. The van der Waals surface area contributed by atoms with Crippen molar-refractivity contribution in [2.45, 2.75) is 39.3 Å². The van der Waals surface area contributed by atoms with Crippen molar-refractivity contribution in [3.05, 3.63) is 28.5 Å². The second kappa shape index (κ2) is 6.61. The molecule has 1 unspecified atom stereocenters. The van der Waals surface area contributed by atoms with Crippen LogP contribution in [0.15, 0.2) is 17.1 Å². The van der Waals surface area contributed by atoms with Crippen LogP contribution in [0.3, 0.4) is 0 Å². The predicted molar refractivity (Wildman–Crippen MR) is 72.6 cm³/mol. The molecule has 5 nitrogen and oxygen atoms in total. The molecule has 0 aliphatic rings. The smallest absolute Gasteiger partial charge is 0.0946 e. The van der Waals surface area contributed by atoms with E-state index >= 15 is 0 Å². The third kappa shape index (κ3) is 2.94. The fourth-order valence-corrected chi connectivity index (χ4v) is 2.47. The van der Waals surface area contributed by atoms with Gasteiger partial charge in [-0.3, -0.25) is 0 Å². The van der Waals surface area contributed by atoms with Gasteiger partial charge in [0.05, 0.1) is 29.1 Å². The summed E-state index contributed by atoms with van der Waals surface area (Å²) in [6.07, 6.45) is 3.98. The molecule has 0 saturated heterocycles. The topological polar surface area (TPSA) is 55.6 Å². The molecule has 98 valence electrons. The van der Waals surface area contributed by atoms with Crippen molar-refractivity contribution in [2.24, 2.45) is 0 Å². The SMILES string of the molecule is CCCNC(c1cscn1)c1cnnn1CCC. The van der Waals surface area contributed by atoms with Crippen LogP contribution in [0.2, 0.25) is 0 Å². The van der Waals surface area contributed by atoms with E-state index in [0.29, 0.717) is 0 Å². The molecular weight excluding hydrogens is 246 g/mol. The minimum absolute atomic E-state index is 0.0951. The molecule has 2 aromatic rings. The summed E-state index contributed by atoms with van der Waals surface area (Å²) in [4.78, 5) is 4.41. The largest absolute Gasteiger partial charge is 0.304 e. The summed E-state index contributed by atoms with van der Waals surface area (Å²) in [5, 5.41) is 13.8. The van der Waals surface area contributed by atoms with E-state index in [1.807, 2.05) is 16.4 Å². The third-order valence-electron chi connectivity index (χ3n) is 2.72. The van der Waals surface area contributed by atoms with Crippen molar-refractivity contribution < 1.29 is 0 Å². The highest BCUT2D eigenvalue weighted by Crippen LogP contribution is 2.21. The van der Waals surface area contributed by atoms with Crippen LogP contribution in [0, 0.1) is 0 Å². The number of hydrogen-bond acceptors (Lipinski definition) is 5. The number of nitrogens with zero attached hydrogens (tertiary/aromatic N) is 4. The van der Waals surface area contributed by atoms with Gasteiger partial charge in [-0.1, -0.05) is 19.1 Å². The molecule has 18 heavy (non-hydrogen) atoms. The fourth-order valence-electron chi connectivity index (χ4n) is 1.89. The van der Waals surface area contributed by atoms with Gasteiger partial charge in [-0.05, 0) is 19.4 Å². The Balaban J connectivity index is 2.24. The Morgan fingerprint density at radius 1 is 1.39 bits per heavy atom. The number of aromatic nitrogens is 4. The van der Waals surface area contributed by atoms with Crippen LogP contribution >= 0.6 is 11.3 Å². The minimum atomic E-state index is 0.0951. The Kier molecular flexibility index (Phi) is 4.83. The van der Waals surface area contributed by atoms with Gasteiger partial charge in [0.25, 0.3) is 0 Å². The zero-order chi connectivity index (χ0) is 12.8. The standard InChI is InChI=1S/C12H19N5S/c1-3-5-13-12(10-8-18-9-14-10)11-7-15-16-17(11)6-4-2/h7-9,12-13H,3-6H2,1-2H3. The maximum Gasteiger partial charge on any atom is 0.0946 e. The highest BCUT2D eigenvalue weighted by Gasteiger charge is 2.19. The molecule has 2 aromatic heterocycles. The molecule has 0 amide bonds. The Morgan fingerprint density at radius 2 is 2.28 bits per heavy atom. The Hall–Kier alpha value is -1.27. The molecule has 1 atom stereocenters. The number of thiazole rings is 1. The first-order valence-corrected chi connectivity index (χ1v) is 7.31. The van der Waals surface area contributed by atoms with Crippen molar-refractivity contribution in [1.82, 2.24) is 25.3 Å². The molecular formula is C12H19N5S. The molecule has 0 spiro atoms. The van der Waals surface area contributed by atoms with Gasteiger partial charge >= 0.3 is 0 Å². The van der Waals surface area contributed by atoms with Crippen molar-refractivity contribution in [1.29, 1.82) is 0 Å². The molecule has 0 bridgehead atoms. The van der Waals surface area contributed by atoms with Gasteiger partial charge in [0.1, 0.15) is 0 Å². The number of rotatable bonds is 7. The lowest BCUT2D eigenvalue weighted by Gasteiger charge is -2.17. The second-order valence-corrected chi connectivity index (χ2v) is 4.90. The normalized spacial score (nSPS) is 12.8. The zero-order valence-electron chi connectivity index (χ0n) is 10.8. The first kappa shape index (κ1) is 13.2. The van der Waals surface area contributed by atoms with E-state index in [4.69, 9.17) is 0 Å². The van der Waals surface area contributed by atoms with Crippen molar-refractivity contribution in [2.75, 3.05) is 6.54 Å². The summed E-state index contributed by atoms with van der Waals surface area (Å²) in [6.45, 7) is 6.15. The molecule has 0 aliphatic heterocycles. The summed E-state index contributed by atoms with van der Waals surface area (Å²) < 4.78 is 1.96. The molecule has 0 aliphatic carbocycles. The quantitative estimate of drug-likeness (QED) is 0.834. The Morgan fingerprint density at radius 3 is 2.94 bits per heavy atom. The molecule has 6 heteroatoms. The first-order chi connectivity index (χ1) is 8.86. The lowest BCUT2D eigenvalue weighted by Crippen LogP contribution is -2.26. The molecule has 1 N–H and O–H groups in total. The van der Waals surface area contributed by atoms with Crippen LogP contribution in [0.25, 0.3) is 0 Å². The number of aryl methyl sites for hydroxylation is 1. The number of hydrogen-bond donors (Lipinski definition) is 1. The van der Waals surface area contributed by atoms with E-state index in [9.17, 15) is 0 Å². The summed E-state index contributed by atoms with van der Waals surface area (Å²) in [5.74, 6) is 0. The molecule has 0 saturated carbocycles. The van der Waals surface area contributed by atoms with Crippen LogP contribution in [-0.4, -0.2) is 26.5 Å². The van der Waals surface area contributed by atoms with Gasteiger partial charge < -0.3 is 5.32 Å². The predicted octanol–water partition coefficient (Wildman–Crippen LogP) is 2.23. The van der Waals surface area contributed by atoms with E-state index in [0.717, 1.165) is 37.3 Å². The van der Waals surface area contributed by atoms with E-state index in [2.05, 4.69) is 39.8 Å². The van der Waals surface area contributed by atoms with Gasteiger partial charge in [0, 0.05) is 11.9 Å². The van der Waals surface area contributed by atoms with Crippen LogP contribution in [0.4, 0.5) is 0 Å². The summed E-state index contributed by atoms with van der Waals surface area (Å²) in [5.41, 5.74) is 4.01. The van der Waals surface area contributed by atoms with Gasteiger partial charge in [0.2, 0.25) is 0 Å². The monoisotopic (exact) mass is 265 g/mol.